The Morgan fingerprint density at radius 1 is 1.05 bits per heavy atom. The zero-order chi connectivity index (χ0) is 26.5. The second kappa shape index (κ2) is 11.0. The van der Waals surface area contributed by atoms with Crippen LogP contribution in [0.15, 0.2) is 45.8 Å². The number of aromatic amines is 1. The van der Waals surface area contributed by atoms with Crippen molar-refractivity contribution in [2.45, 2.75) is 34.6 Å². The SMILES string of the molecule is CCOc1cc(C(=O)Nc2cc(-c3ccco3)nn2-c2nc(C)c(C)c(=O)[nH]2)cc(OCC)c1OCC. The lowest BCUT2D eigenvalue weighted by atomic mass is 10.1. The molecule has 3 aromatic heterocycles. The Morgan fingerprint density at radius 2 is 1.73 bits per heavy atom. The van der Waals surface area contributed by atoms with E-state index in [0.717, 1.165) is 0 Å². The number of hydrogen-bond donors (Lipinski definition) is 2. The number of rotatable bonds is 10. The average Bonchev–Trinajstić information content (AvgIpc) is 3.55. The second-order valence-corrected chi connectivity index (χ2v) is 7.96. The molecule has 37 heavy (non-hydrogen) atoms. The molecule has 194 valence electrons. The number of H-pyrrole nitrogens is 1. The number of carbonyl (C=O) groups is 1. The number of anilines is 1. The van der Waals surface area contributed by atoms with Gasteiger partial charge in [0.1, 0.15) is 11.5 Å². The van der Waals surface area contributed by atoms with E-state index in [4.69, 9.17) is 18.6 Å². The minimum atomic E-state index is -0.455. The van der Waals surface area contributed by atoms with Crippen molar-refractivity contribution in [3.63, 3.8) is 0 Å². The number of nitrogens with one attached hydrogen (secondary N) is 2. The molecule has 0 unspecified atom stereocenters. The molecule has 1 amide bonds. The van der Waals surface area contributed by atoms with Gasteiger partial charge < -0.3 is 23.9 Å². The van der Waals surface area contributed by atoms with E-state index in [2.05, 4.69) is 20.4 Å². The van der Waals surface area contributed by atoms with Gasteiger partial charge in [0.2, 0.25) is 11.7 Å². The van der Waals surface area contributed by atoms with Crippen molar-refractivity contribution in [2.75, 3.05) is 25.1 Å². The van der Waals surface area contributed by atoms with E-state index in [1.54, 1.807) is 44.2 Å². The van der Waals surface area contributed by atoms with Crippen molar-refractivity contribution >= 4 is 11.7 Å². The van der Waals surface area contributed by atoms with Gasteiger partial charge in [0, 0.05) is 22.9 Å². The Kier molecular flexibility index (Phi) is 7.61. The molecule has 11 heteroatoms. The van der Waals surface area contributed by atoms with Crippen molar-refractivity contribution in [2.24, 2.45) is 0 Å². The maximum atomic E-state index is 13.4. The van der Waals surface area contributed by atoms with Crippen LogP contribution in [0.2, 0.25) is 0 Å². The van der Waals surface area contributed by atoms with Gasteiger partial charge in [-0.15, -0.1) is 0 Å². The summed E-state index contributed by atoms with van der Waals surface area (Å²) in [5, 5.41) is 7.38. The predicted molar refractivity (Wildman–Crippen MR) is 137 cm³/mol. The summed E-state index contributed by atoms with van der Waals surface area (Å²) < 4.78 is 24.0. The third-order valence-electron chi connectivity index (χ3n) is 5.48. The Bertz CT molecular complexity index is 1430. The van der Waals surface area contributed by atoms with Crippen LogP contribution in [0.1, 0.15) is 42.4 Å². The number of nitrogens with zero attached hydrogens (tertiary/aromatic N) is 3. The fourth-order valence-corrected chi connectivity index (χ4v) is 3.62. The van der Waals surface area contributed by atoms with Crippen LogP contribution in [-0.2, 0) is 0 Å². The van der Waals surface area contributed by atoms with E-state index in [1.807, 2.05) is 20.8 Å². The highest BCUT2D eigenvalue weighted by Gasteiger charge is 2.22. The summed E-state index contributed by atoms with van der Waals surface area (Å²) in [5.41, 5.74) is 1.46. The molecule has 0 saturated heterocycles. The van der Waals surface area contributed by atoms with E-state index < -0.39 is 5.91 Å². The third-order valence-corrected chi connectivity index (χ3v) is 5.48. The lowest BCUT2D eigenvalue weighted by Crippen LogP contribution is -2.21. The Hall–Kier alpha value is -4.54. The zero-order valence-electron chi connectivity index (χ0n) is 21.4. The van der Waals surface area contributed by atoms with E-state index in [0.29, 0.717) is 59.8 Å². The molecular weight excluding hydrogens is 478 g/mol. The number of hydrogen-bond acceptors (Lipinski definition) is 8. The van der Waals surface area contributed by atoms with Crippen LogP contribution < -0.4 is 25.1 Å². The van der Waals surface area contributed by atoms with E-state index >= 15 is 0 Å². The molecule has 2 N–H and O–H groups in total. The van der Waals surface area contributed by atoms with Gasteiger partial charge in [-0.25, -0.2) is 4.98 Å². The Labute approximate surface area is 213 Å². The number of aryl methyl sites for hydroxylation is 1. The van der Waals surface area contributed by atoms with Gasteiger partial charge in [-0.3, -0.25) is 14.6 Å². The summed E-state index contributed by atoms with van der Waals surface area (Å²) in [6.07, 6.45) is 1.52. The van der Waals surface area contributed by atoms with Crippen LogP contribution in [0.3, 0.4) is 0 Å². The van der Waals surface area contributed by atoms with Crippen molar-refractivity contribution in [3.8, 4) is 34.7 Å². The minimum absolute atomic E-state index is 0.151. The monoisotopic (exact) mass is 507 g/mol. The Balaban J connectivity index is 1.78. The van der Waals surface area contributed by atoms with Crippen LogP contribution in [0.25, 0.3) is 17.4 Å². The lowest BCUT2D eigenvalue weighted by Gasteiger charge is -2.17. The molecule has 0 aliphatic rings. The molecule has 0 spiro atoms. The summed E-state index contributed by atoms with van der Waals surface area (Å²) in [5.74, 6) is 1.67. The molecule has 0 aliphatic carbocycles. The normalized spacial score (nSPS) is 10.8. The maximum Gasteiger partial charge on any atom is 0.257 e. The smallest absolute Gasteiger partial charge is 0.257 e. The molecule has 4 aromatic rings. The molecular formula is C26H29N5O6. The maximum absolute atomic E-state index is 13.4. The Morgan fingerprint density at radius 3 is 2.30 bits per heavy atom. The van der Waals surface area contributed by atoms with Crippen LogP contribution in [-0.4, -0.2) is 45.5 Å². The quantitative estimate of drug-likeness (QED) is 0.325. The first-order valence-electron chi connectivity index (χ1n) is 12.0. The van der Waals surface area contributed by atoms with Gasteiger partial charge in [-0.05, 0) is 58.9 Å². The van der Waals surface area contributed by atoms with Crippen molar-refractivity contribution in [1.82, 2.24) is 19.7 Å². The summed E-state index contributed by atoms with van der Waals surface area (Å²) in [4.78, 5) is 33.0. The average molecular weight is 508 g/mol. The minimum Gasteiger partial charge on any atom is -0.490 e. The third kappa shape index (κ3) is 5.35. The first kappa shape index (κ1) is 25.5. The highest BCUT2D eigenvalue weighted by molar-refractivity contribution is 6.05. The van der Waals surface area contributed by atoms with Crippen molar-refractivity contribution in [3.05, 3.63) is 63.8 Å². The number of aromatic nitrogens is 4. The fraction of sp³-hybridized carbons (Fsp3) is 0.308. The molecule has 0 radical (unpaired) electrons. The van der Waals surface area contributed by atoms with Crippen LogP contribution in [0, 0.1) is 13.8 Å². The van der Waals surface area contributed by atoms with Crippen LogP contribution in [0.4, 0.5) is 5.82 Å². The van der Waals surface area contributed by atoms with Gasteiger partial charge in [-0.1, -0.05) is 0 Å². The number of furan rings is 1. The van der Waals surface area contributed by atoms with Gasteiger partial charge in [0.25, 0.3) is 11.5 Å². The molecule has 0 atom stereocenters. The molecule has 11 nitrogen and oxygen atoms in total. The first-order chi connectivity index (χ1) is 17.9. The molecule has 0 bridgehead atoms. The summed E-state index contributed by atoms with van der Waals surface area (Å²) >= 11 is 0. The van der Waals surface area contributed by atoms with E-state index in [1.165, 1.54) is 10.9 Å². The van der Waals surface area contributed by atoms with Gasteiger partial charge in [-0.2, -0.15) is 9.78 Å². The largest absolute Gasteiger partial charge is 0.490 e. The zero-order valence-corrected chi connectivity index (χ0v) is 21.4. The molecule has 1 aromatic carbocycles. The highest BCUT2D eigenvalue weighted by atomic mass is 16.5. The van der Waals surface area contributed by atoms with Gasteiger partial charge in [0.15, 0.2) is 17.3 Å². The molecule has 0 saturated carbocycles. The molecule has 3 heterocycles. The standard InChI is InChI=1S/C26H29N5O6/c1-6-34-20-12-17(13-21(35-7-2)23(20)36-8-3)25(33)28-22-14-18(19-10-9-11-37-19)30-31(22)26-27-16(5)15(4)24(32)29-26/h9-14H,6-8H2,1-5H3,(H,28,33)(H,27,29,32). The van der Waals surface area contributed by atoms with Crippen molar-refractivity contribution < 1.29 is 23.4 Å². The topological polar surface area (TPSA) is 134 Å². The number of carbonyl (C=O) groups excluding carboxylic acids is 1. The summed E-state index contributed by atoms with van der Waals surface area (Å²) in [7, 11) is 0. The van der Waals surface area contributed by atoms with E-state index in [-0.39, 0.29) is 22.9 Å². The van der Waals surface area contributed by atoms with Crippen molar-refractivity contribution in [1.29, 1.82) is 0 Å². The number of benzene rings is 1. The summed E-state index contributed by atoms with van der Waals surface area (Å²) in [6, 6.07) is 8.29. The fourth-order valence-electron chi connectivity index (χ4n) is 3.62. The molecule has 0 aliphatic heterocycles. The predicted octanol–water partition coefficient (Wildman–Crippen LogP) is 4.28. The number of amides is 1. The van der Waals surface area contributed by atoms with E-state index in [9.17, 15) is 9.59 Å². The van der Waals surface area contributed by atoms with Crippen LogP contribution >= 0.6 is 0 Å². The summed E-state index contributed by atoms with van der Waals surface area (Å²) in [6.45, 7) is 10.1. The van der Waals surface area contributed by atoms with Gasteiger partial charge >= 0.3 is 0 Å². The van der Waals surface area contributed by atoms with Crippen LogP contribution in [0.5, 0.6) is 17.2 Å². The molecule has 0 fully saturated rings. The highest BCUT2D eigenvalue weighted by Crippen LogP contribution is 2.39. The first-order valence-corrected chi connectivity index (χ1v) is 12.0. The lowest BCUT2D eigenvalue weighted by molar-refractivity contribution is 0.102. The molecule has 4 rings (SSSR count). The second-order valence-electron chi connectivity index (χ2n) is 7.96. The number of ether oxygens (including phenoxy) is 3. The van der Waals surface area contributed by atoms with Gasteiger partial charge in [0.05, 0.1) is 26.1 Å².